The lowest BCUT2D eigenvalue weighted by Crippen LogP contribution is -2.55. The van der Waals surface area contributed by atoms with Crippen LogP contribution in [0.5, 0.6) is 0 Å². The largest absolute Gasteiger partial charge is 0.390 e. The van der Waals surface area contributed by atoms with Crippen molar-refractivity contribution in [2.75, 3.05) is 5.75 Å². The number of aliphatic hydroxyl groups is 1. The smallest absolute Gasteiger partial charge is 0.270 e. The van der Waals surface area contributed by atoms with E-state index in [1.807, 2.05) is 51.1 Å². The number of aliphatic hydroxyl groups excluding tert-OH is 1. The van der Waals surface area contributed by atoms with Gasteiger partial charge in [0.15, 0.2) is 0 Å². The van der Waals surface area contributed by atoms with Crippen LogP contribution in [0, 0.1) is 0 Å². The Morgan fingerprint density at radius 2 is 1.51 bits per heavy atom. The maximum absolute atomic E-state index is 13.6. The van der Waals surface area contributed by atoms with Gasteiger partial charge in [0.2, 0.25) is 11.8 Å². The Morgan fingerprint density at radius 3 is 2.21 bits per heavy atom. The zero-order chi connectivity index (χ0) is 34.1. The highest BCUT2D eigenvalue weighted by Crippen LogP contribution is 2.18. The molecule has 4 aromatic rings. The molecule has 0 radical (unpaired) electrons. The second-order valence-electron chi connectivity index (χ2n) is 12.2. The van der Waals surface area contributed by atoms with Crippen LogP contribution in [-0.2, 0) is 26.8 Å². The number of carbonyl (C=O) groups excluding carboxylic acids is 4. The molecule has 6 N–H and O–H groups in total. The van der Waals surface area contributed by atoms with Gasteiger partial charge in [-0.25, -0.2) is 4.98 Å². The highest BCUT2D eigenvalue weighted by Gasteiger charge is 2.31. The molecule has 1 aromatic heterocycles. The second-order valence-corrected chi connectivity index (χ2v) is 13.6. The number of aromatic nitrogens is 1. The van der Waals surface area contributed by atoms with Crippen LogP contribution in [0.2, 0.25) is 0 Å². The molecule has 1 unspecified atom stereocenters. The number of rotatable bonds is 13. The number of nitrogens with zero attached hydrogens (tertiary/aromatic N) is 1. The van der Waals surface area contributed by atoms with Gasteiger partial charge in [0.25, 0.3) is 11.8 Å². The van der Waals surface area contributed by atoms with Crippen LogP contribution in [0.15, 0.2) is 95.9 Å². The number of hydrogen-bond acceptors (Lipinski definition) is 7. The van der Waals surface area contributed by atoms with Crippen LogP contribution in [0.25, 0.3) is 10.9 Å². The Hall–Kier alpha value is -4.94. The van der Waals surface area contributed by atoms with Crippen molar-refractivity contribution in [3.8, 4) is 0 Å². The van der Waals surface area contributed by atoms with Gasteiger partial charge in [-0.1, -0.05) is 66.7 Å². The van der Waals surface area contributed by atoms with E-state index < -0.39 is 64.6 Å². The normalized spacial score (nSPS) is 14.0. The Kier molecular flexibility index (Phi) is 11.6. The molecule has 4 rings (SSSR count). The minimum atomic E-state index is -1.85. The van der Waals surface area contributed by atoms with Gasteiger partial charge in [-0.2, -0.15) is 0 Å². The molecule has 4 atom stereocenters. The summed E-state index contributed by atoms with van der Waals surface area (Å²) < 4.78 is 13.6. The molecule has 47 heavy (non-hydrogen) atoms. The van der Waals surface area contributed by atoms with Crippen LogP contribution in [-0.4, -0.2) is 67.4 Å². The third kappa shape index (κ3) is 10.0. The van der Waals surface area contributed by atoms with Gasteiger partial charge in [0.1, 0.15) is 11.7 Å². The quantitative estimate of drug-likeness (QED) is 0.147. The highest BCUT2D eigenvalue weighted by molar-refractivity contribution is 7.85. The fourth-order valence-electron chi connectivity index (χ4n) is 4.89. The fourth-order valence-corrected chi connectivity index (χ4v) is 6.25. The zero-order valence-electron chi connectivity index (χ0n) is 26.4. The van der Waals surface area contributed by atoms with Gasteiger partial charge in [-0.05, 0) is 57.0 Å². The lowest BCUT2D eigenvalue weighted by atomic mass is 10.0. The summed E-state index contributed by atoms with van der Waals surface area (Å²) in [4.78, 5) is 56.2. The van der Waals surface area contributed by atoms with E-state index >= 15 is 0 Å². The molecule has 4 amide bonds. The van der Waals surface area contributed by atoms with Gasteiger partial charge >= 0.3 is 0 Å². The van der Waals surface area contributed by atoms with Crippen LogP contribution in [0.4, 0.5) is 0 Å². The van der Waals surface area contributed by atoms with Crippen molar-refractivity contribution in [1.82, 2.24) is 20.9 Å². The lowest BCUT2D eigenvalue weighted by molar-refractivity contribution is -0.128. The first kappa shape index (κ1) is 34.9. The van der Waals surface area contributed by atoms with Crippen LogP contribution >= 0.6 is 0 Å². The van der Waals surface area contributed by atoms with E-state index in [1.165, 1.54) is 6.07 Å². The lowest BCUT2D eigenvalue weighted by Gasteiger charge is -2.27. The van der Waals surface area contributed by atoms with Gasteiger partial charge in [0, 0.05) is 10.9 Å². The first-order valence-corrected chi connectivity index (χ1v) is 16.4. The van der Waals surface area contributed by atoms with Crippen LogP contribution in [0.1, 0.15) is 53.6 Å². The highest BCUT2D eigenvalue weighted by atomic mass is 32.2. The standard InChI is InChI=1S/C35H39N5O6S/c1-35(2,3)40-32(43)24-14-8-10-16-30(24)47(46)21-29(41)27(19-22-11-5-4-6-12-22)38-34(45)28(20-31(36)42)39-33(44)26-18-17-23-13-7-9-15-25(23)37-26/h4-18,27-29,41H,19-21H2,1-3H3,(H2,36,42)(H,38,45)(H,39,44)(H,40,43)/t27-,28-,29+,47?/m0/s1. The topological polar surface area (TPSA) is 181 Å². The third-order valence-electron chi connectivity index (χ3n) is 7.14. The van der Waals surface area contributed by atoms with E-state index in [0.717, 1.165) is 10.9 Å². The van der Waals surface area contributed by atoms with E-state index in [2.05, 4.69) is 20.9 Å². The van der Waals surface area contributed by atoms with Gasteiger partial charge in [0.05, 0.1) is 51.1 Å². The average Bonchev–Trinajstić information content (AvgIpc) is 3.03. The first-order valence-electron chi connectivity index (χ1n) is 15.1. The van der Waals surface area contributed by atoms with Crippen molar-refractivity contribution in [1.29, 1.82) is 0 Å². The van der Waals surface area contributed by atoms with Crippen molar-refractivity contribution in [2.24, 2.45) is 5.73 Å². The Balaban J connectivity index is 1.55. The maximum atomic E-state index is 13.6. The van der Waals surface area contributed by atoms with Crippen molar-refractivity contribution < 1.29 is 28.5 Å². The molecule has 0 spiro atoms. The summed E-state index contributed by atoms with van der Waals surface area (Å²) in [7, 11) is -1.85. The number of pyridine rings is 1. The fraction of sp³-hybridized carbons (Fsp3) is 0.286. The molecular weight excluding hydrogens is 618 g/mol. The third-order valence-corrected chi connectivity index (χ3v) is 8.63. The summed E-state index contributed by atoms with van der Waals surface area (Å²) in [6, 6.07) is 23.5. The molecule has 0 bridgehead atoms. The molecule has 0 aliphatic carbocycles. The van der Waals surface area contributed by atoms with E-state index in [4.69, 9.17) is 5.73 Å². The van der Waals surface area contributed by atoms with Crippen LogP contribution in [0.3, 0.4) is 0 Å². The van der Waals surface area contributed by atoms with Crippen LogP contribution < -0.4 is 21.7 Å². The van der Waals surface area contributed by atoms with E-state index in [1.54, 1.807) is 54.6 Å². The SMILES string of the molecule is CC(C)(C)NC(=O)c1ccccc1S(=O)C[C@@H](O)[C@H](Cc1ccccc1)NC(=O)[C@H](CC(N)=O)NC(=O)c1ccc2ccccc2n1. The minimum absolute atomic E-state index is 0.0383. The zero-order valence-corrected chi connectivity index (χ0v) is 27.3. The molecule has 0 fully saturated rings. The number of nitrogens with two attached hydrogens (primary N) is 1. The Bertz CT molecular complexity index is 1780. The molecule has 11 nitrogen and oxygen atoms in total. The number of fused-ring (bicyclic) bond motifs is 1. The van der Waals surface area contributed by atoms with Gasteiger partial charge in [-0.3, -0.25) is 23.4 Å². The summed E-state index contributed by atoms with van der Waals surface area (Å²) in [6.07, 6.45) is -1.73. The molecule has 12 heteroatoms. The minimum Gasteiger partial charge on any atom is -0.390 e. The molecular formula is C35H39N5O6S. The van der Waals surface area contributed by atoms with Gasteiger partial charge in [-0.15, -0.1) is 0 Å². The van der Waals surface area contributed by atoms with E-state index in [-0.39, 0.29) is 28.3 Å². The summed E-state index contributed by atoms with van der Waals surface area (Å²) >= 11 is 0. The van der Waals surface area contributed by atoms with E-state index in [9.17, 15) is 28.5 Å². The number of amides is 4. The predicted octanol–water partition coefficient (Wildman–Crippen LogP) is 2.63. The molecule has 0 aliphatic heterocycles. The second kappa shape index (κ2) is 15.6. The monoisotopic (exact) mass is 657 g/mol. The number of hydrogen-bond donors (Lipinski definition) is 5. The first-order chi connectivity index (χ1) is 22.3. The molecule has 0 saturated carbocycles. The number of para-hydroxylation sites is 1. The number of benzene rings is 3. The summed E-state index contributed by atoms with van der Waals surface area (Å²) in [5.41, 5.74) is 6.50. The Morgan fingerprint density at radius 1 is 0.851 bits per heavy atom. The van der Waals surface area contributed by atoms with Crippen molar-refractivity contribution in [3.63, 3.8) is 0 Å². The molecule has 246 valence electrons. The summed E-state index contributed by atoms with van der Waals surface area (Å²) in [6.45, 7) is 5.49. The molecule has 0 aliphatic rings. The maximum Gasteiger partial charge on any atom is 0.270 e. The van der Waals surface area contributed by atoms with E-state index in [0.29, 0.717) is 5.52 Å². The molecule has 0 saturated heterocycles. The number of carbonyl (C=O) groups is 4. The molecule has 1 heterocycles. The number of primary amides is 1. The summed E-state index contributed by atoms with van der Waals surface area (Å²) in [5, 5.41) is 20.4. The van der Waals surface area contributed by atoms with Crippen molar-refractivity contribution in [3.05, 3.63) is 108 Å². The van der Waals surface area contributed by atoms with Crippen molar-refractivity contribution >= 4 is 45.3 Å². The summed E-state index contributed by atoms with van der Waals surface area (Å²) in [5.74, 6) is -3.01. The average molecular weight is 658 g/mol. The number of nitrogens with one attached hydrogen (secondary N) is 3. The van der Waals surface area contributed by atoms with Gasteiger partial charge < -0.3 is 26.8 Å². The predicted molar refractivity (Wildman–Crippen MR) is 180 cm³/mol. The van der Waals surface area contributed by atoms with Crippen molar-refractivity contribution in [2.45, 2.75) is 62.2 Å². The molecule has 3 aromatic carbocycles. The Labute approximate surface area is 275 Å².